The molecular formula is C20H22F3NO6S. The maximum absolute atomic E-state index is 13.5. The predicted molar refractivity (Wildman–Crippen MR) is 106 cm³/mol. The van der Waals surface area contributed by atoms with Crippen LogP contribution in [0.25, 0.3) is 0 Å². The summed E-state index contributed by atoms with van der Waals surface area (Å²) < 4.78 is 86.6. The highest BCUT2D eigenvalue weighted by Gasteiger charge is 2.51. The molecule has 0 fully saturated rings. The highest BCUT2D eigenvalue weighted by atomic mass is 32.2. The van der Waals surface area contributed by atoms with Crippen LogP contribution in [0.15, 0.2) is 42.5 Å². The molecule has 0 saturated carbocycles. The third kappa shape index (κ3) is 4.49. The first kappa shape index (κ1) is 23.3. The number of hydrogen-bond donors (Lipinski definition) is 0. The molecule has 0 aliphatic carbocycles. The molecule has 0 aromatic heterocycles. The monoisotopic (exact) mass is 461 g/mol. The second kappa shape index (κ2) is 9.03. The molecule has 0 radical (unpaired) electrons. The van der Waals surface area contributed by atoms with Crippen LogP contribution in [-0.2, 0) is 19.5 Å². The second-order valence-electron chi connectivity index (χ2n) is 6.74. The van der Waals surface area contributed by atoms with E-state index in [-0.39, 0.29) is 0 Å². The first-order valence-corrected chi connectivity index (χ1v) is 10.6. The molecule has 1 heterocycles. The van der Waals surface area contributed by atoms with E-state index in [1.54, 1.807) is 42.5 Å². The molecule has 3 rings (SSSR count). The standard InChI is InChI=1S/C20H22F3NO6S/c1-27-17-10-6-8-14-15(13-7-4-5-9-16(13)30-19(14)17)11-24(12-18(28-2)29-3)31(25,26)20(21,22)23/h4-10,15,18H,11-12H2,1-3H3. The largest absolute Gasteiger partial charge is 0.511 e. The van der Waals surface area contributed by atoms with E-state index < -0.39 is 40.8 Å². The van der Waals surface area contributed by atoms with Crippen LogP contribution in [0, 0.1) is 0 Å². The van der Waals surface area contributed by atoms with Gasteiger partial charge >= 0.3 is 15.5 Å². The van der Waals surface area contributed by atoms with Crippen LogP contribution < -0.4 is 9.47 Å². The van der Waals surface area contributed by atoms with Gasteiger partial charge in [-0.1, -0.05) is 30.3 Å². The fraction of sp³-hybridized carbons (Fsp3) is 0.400. The van der Waals surface area contributed by atoms with Gasteiger partial charge in [-0.3, -0.25) is 0 Å². The Hall–Kier alpha value is -2.34. The SMILES string of the molecule is COc1cccc2c1Oc1ccccc1C2CN(CC(OC)OC)S(=O)(=O)C(F)(F)F. The van der Waals surface area contributed by atoms with Gasteiger partial charge in [-0.2, -0.15) is 17.5 Å². The van der Waals surface area contributed by atoms with Crippen LogP contribution in [0.1, 0.15) is 17.0 Å². The van der Waals surface area contributed by atoms with E-state index in [1.807, 2.05) is 0 Å². The van der Waals surface area contributed by atoms with Gasteiger partial charge in [0.15, 0.2) is 17.8 Å². The molecule has 1 unspecified atom stereocenters. The van der Waals surface area contributed by atoms with Crippen molar-refractivity contribution in [2.45, 2.75) is 17.7 Å². The molecule has 0 N–H and O–H groups in total. The Kier molecular flexibility index (Phi) is 6.79. The minimum Gasteiger partial charge on any atom is -0.493 e. The minimum absolute atomic E-state index is 0.327. The Bertz CT molecular complexity index is 1020. The number of ether oxygens (including phenoxy) is 4. The van der Waals surface area contributed by atoms with E-state index in [9.17, 15) is 21.6 Å². The van der Waals surface area contributed by atoms with Gasteiger partial charge in [-0.25, -0.2) is 8.42 Å². The Morgan fingerprint density at radius 2 is 1.68 bits per heavy atom. The summed E-state index contributed by atoms with van der Waals surface area (Å²) in [7, 11) is -1.79. The van der Waals surface area contributed by atoms with E-state index in [0.717, 1.165) is 0 Å². The van der Waals surface area contributed by atoms with Gasteiger partial charge in [-0.15, -0.1) is 0 Å². The zero-order chi connectivity index (χ0) is 22.8. The Morgan fingerprint density at radius 3 is 2.29 bits per heavy atom. The smallest absolute Gasteiger partial charge is 0.493 e. The third-order valence-corrected chi connectivity index (χ3v) is 6.57. The second-order valence-corrected chi connectivity index (χ2v) is 8.67. The summed E-state index contributed by atoms with van der Waals surface area (Å²) >= 11 is 0. The molecule has 1 aliphatic heterocycles. The van der Waals surface area contributed by atoms with Crippen molar-refractivity contribution in [3.05, 3.63) is 53.6 Å². The van der Waals surface area contributed by atoms with Gasteiger partial charge in [0.2, 0.25) is 0 Å². The van der Waals surface area contributed by atoms with E-state index in [2.05, 4.69) is 0 Å². The van der Waals surface area contributed by atoms with E-state index in [0.29, 0.717) is 32.7 Å². The summed E-state index contributed by atoms with van der Waals surface area (Å²) in [5, 5.41) is 0. The summed E-state index contributed by atoms with van der Waals surface area (Å²) in [4.78, 5) is 0. The fourth-order valence-electron chi connectivity index (χ4n) is 3.45. The van der Waals surface area contributed by atoms with Crippen molar-refractivity contribution < 1.29 is 40.5 Å². The van der Waals surface area contributed by atoms with Crippen molar-refractivity contribution >= 4 is 10.0 Å². The molecule has 7 nitrogen and oxygen atoms in total. The number of methoxy groups -OCH3 is 3. The lowest BCUT2D eigenvalue weighted by Crippen LogP contribution is -2.47. The van der Waals surface area contributed by atoms with E-state index in [4.69, 9.17) is 18.9 Å². The molecule has 31 heavy (non-hydrogen) atoms. The van der Waals surface area contributed by atoms with Crippen molar-refractivity contribution in [1.82, 2.24) is 4.31 Å². The zero-order valence-electron chi connectivity index (χ0n) is 17.0. The fourth-order valence-corrected chi connectivity index (χ4v) is 4.40. The Labute approximate surface area is 178 Å². The van der Waals surface area contributed by atoms with E-state index >= 15 is 0 Å². The Morgan fingerprint density at radius 1 is 1.03 bits per heavy atom. The third-order valence-electron chi connectivity index (χ3n) is 5.01. The number of sulfonamides is 1. The van der Waals surface area contributed by atoms with Gasteiger partial charge in [0, 0.05) is 37.8 Å². The number of fused-ring (bicyclic) bond motifs is 2. The molecule has 0 saturated heterocycles. The predicted octanol–water partition coefficient (Wildman–Crippen LogP) is 3.70. The molecular weight excluding hydrogens is 439 g/mol. The van der Waals surface area contributed by atoms with Crippen molar-refractivity contribution in [2.75, 3.05) is 34.4 Å². The summed E-state index contributed by atoms with van der Waals surface area (Å²) in [6, 6.07) is 11.7. The van der Waals surface area contributed by atoms with Crippen molar-refractivity contribution in [1.29, 1.82) is 0 Å². The first-order chi connectivity index (χ1) is 14.6. The Balaban J connectivity index is 2.11. The molecule has 2 aromatic carbocycles. The average Bonchev–Trinajstić information content (AvgIpc) is 2.74. The normalized spacial score (nSPS) is 16.1. The summed E-state index contributed by atoms with van der Waals surface area (Å²) in [6.45, 7) is -1.15. The van der Waals surface area contributed by atoms with E-state index in [1.165, 1.54) is 21.3 Å². The van der Waals surface area contributed by atoms with Crippen molar-refractivity contribution in [3.8, 4) is 17.2 Å². The molecule has 0 amide bonds. The number of para-hydroxylation sites is 2. The number of hydrogen-bond acceptors (Lipinski definition) is 6. The lowest BCUT2D eigenvalue weighted by atomic mass is 9.87. The van der Waals surface area contributed by atoms with Crippen LogP contribution in [0.3, 0.4) is 0 Å². The highest BCUT2D eigenvalue weighted by Crippen LogP contribution is 2.48. The minimum atomic E-state index is -5.67. The van der Waals surface area contributed by atoms with Crippen molar-refractivity contribution in [2.24, 2.45) is 0 Å². The van der Waals surface area contributed by atoms with Crippen molar-refractivity contribution in [3.63, 3.8) is 0 Å². The summed E-state index contributed by atoms with van der Waals surface area (Å²) in [5.41, 5.74) is -4.43. The zero-order valence-corrected chi connectivity index (χ0v) is 17.9. The maximum atomic E-state index is 13.5. The maximum Gasteiger partial charge on any atom is 0.511 e. The molecule has 0 bridgehead atoms. The van der Waals surface area contributed by atoms with Crippen LogP contribution in [0.4, 0.5) is 13.2 Å². The number of halogens is 3. The molecule has 0 spiro atoms. The van der Waals surface area contributed by atoms with Crippen LogP contribution in [0.2, 0.25) is 0 Å². The van der Waals surface area contributed by atoms with Crippen LogP contribution >= 0.6 is 0 Å². The molecule has 1 atom stereocenters. The van der Waals surface area contributed by atoms with Gasteiger partial charge < -0.3 is 18.9 Å². The average molecular weight is 461 g/mol. The van der Waals surface area contributed by atoms with Crippen LogP contribution in [-0.4, -0.2) is 58.9 Å². The molecule has 170 valence electrons. The van der Waals surface area contributed by atoms with Gasteiger partial charge in [-0.05, 0) is 12.1 Å². The first-order valence-electron chi connectivity index (χ1n) is 9.19. The topological polar surface area (TPSA) is 74.3 Å². The number of alkyl halides is 3. The van der Waals surface area contributed by atoms with Crippen LogP contribution in [0.5, 0.6) is 17.2 Å². The molecule has 2 aromatic rings. The van der Waals surface area contributed by atoms with Gasteiger partial charge in [0.05, 0.1) is 13.7 Å². The van der Waals surface area contributed by atoms with Gasteiger partial charge in [0.1, 0.15) is 5.75 Å². The lowest BCUT2D eigenvalue weighted by molar-refractivity contribution is -0.110. The van der Waals surface area contributed by atoms with Gasteiger partial charge in [0.25, 0.3) is 0 Å². The highest BCUT2D eigenvalue weighted by molar-refractivity contribution is 7.90. The summed E-state index contributed by atoms with van der Waals surface area (Å²) in [5.74, 6) is 0.368. The lowest BCUT2D eigenvalue weighted by Gasteiger charge is -2.34. The number of benzene rings is 2. The summed E-state index contributed by atoms with van der Waals surface area (Å²) in [6.07, 6.45) is -1.18. The number of rotatable bonds is 8. The molecule has 11 heteroatoms. The quantitative estimate of drug-likeness (QED) is 0.558. The number of nitrogens with zero attached hydrogens (tertiary/aromatic N) is 1. The molecule has 1 aliphatic rings.